The molecule has 1 amide bonds. The van der Waals surface area contributed by atoms with Crippen LogP contribution in [-0.2, 0) is 4.79 Å². The van der Waals surface area contributed by atoms with Crippen LogP contribution >= 0.6 is 11.3 Å². The van der Waals surface area contributed by atoms with Crippen LogP contribution in [-0.4, -0.2) is 23.5 Å². The van der Waals surface area contributed by atoms with Gasteiger partial charge >= 0.3 is 5.97 Å². The molecule has 0 aromatic carbocycles. The monoisotopic (exact) mass is 305 g/mol. The summed E-state index contributed by atoms with van der Waals surface area (Å²) in [4.78, 5) is 24.6. The number of furan rings is 1. The molecule has 1 aliphatic rings. The molecule has 1 saturated carbocycles. The van der Waals surface area contributed by atoms with Crippen molar-refractivity contribution in [2.75, 3.05) is 6.54 Å². The van der Waals surface area contributed by atoms with E-state index in [0.717, 1.165) is 16.4 Å². The molecule has 0 unspecified atom stereocenters. The summed E-state index contributed by atoms with van der Waals surface area (Å²) in [6.07, 6.45) is 1.26. The second-order valence-electron chi connectivity index (χ2n) is 5.34. The van der Waals surface area contributed by atoms with Gasteiger partial charge < -0.3 is 14.8 Å². The number of carbonyl (C=O) groups excluding carboxylic acids is 1. The van der Waals surface area contributed by atoms with Crippen molar-refractivity contribution in [2.24, 2.45) is 5.41 Å². The molecule has 1 fully saturated rings. The molecular formula is C15H15NO4S. The van der Waals surface area contributed by atoms with E-state index in [1.165, 1.54) is 11.3 Å². The average Bonchev–Trinajstić information content (AvgIpc) is 2.88. The molecule has 110 valence electrons. The molecule has 0 spiro atoms. The lowest BCUT2D eigenvalue weighted by Gasteiger charge is -2.10. The molecule has 6 heteroatoms. The number of carbonyl (C=O) groups is 2. The van der Waals surface area contributed by atoms with Crippen molar-refractivity contribution in [1.29, 1.82) is 0 Å². The number of rotatable bonds is 5. The second-order valence-corrected chi connectivity index (χ2v) is 6.43. The van der Waals surface area contributed by atoms with E-state index < -0.39 is 11.4 Å². The zero-order valence-corrected chi connectivity index (χ0v) is 12.3. The SMILES string of the molecule is Cc1ccc(-c2ccc(C(=O)NCC3(C(=O)O)CC3)s2)o1. The zero-order chi connectivity index (χ0) is 15.0. The summed E-state index contributed by atoms with van der Waals surface area (Å²) in [7, 11) is 0. The van der Waals surface area contributed by atoms with Gasteiger partial charge in [0.1, 0.15) is 11.5 Å². The number of amides is 1. The van der Waals surface area contributed by atoms with Gasteiger partial charge in [0.25, 0.3) is 5.91 Å². The fraction of sp³-hybridized carbons (Fsp3) is 0.333. The highest BCUT2D eigenvalue weighted by Gasteiger charge is 2.50. The predicted octanol–water partition coefficient (Wildman–Crippen LogP) is 2.91. The summed E-state index contributed by atoms with van der Waals surface area (Å²) in [5, 5.41) is 11.8. The number of aryl methyl sites for hydroxylation is 1. The van der Waals surface area contributed by atoms with Crippen LogP contribution < -0.4 is 5.32 Å². The summed E-state index contributed by atoms with van der Waals surface area (Å²) in [6, 6.07) is 7.31. The molecule has 0 radical (unpaired) electrons. The number of thiophene rings is 1. The Morgan fingerprint density at radius 3 is 2.67 bits per heavy atom. The first-order chi connectivity index (χ1) is 10.00. The van der Waals surface area contributed by atoms with E-state index in [1.807, 2.05) is 25.1 Å². The minimum absolute atomic E-state index is 0.189. The van der Waals surface area contributed by atoms with Gasteiger partial charge in [0.15, 0.2) is 0 Å². The number of carboxylic acids is 1. The van der Waals surface area contributed by atoms with Crippen LogP contribution in [0.5, 0.6) is 0 Å². The van der Waals surface area contributed by atoms with E-state index in [9.17, 15) is 9.59 Å². The van der Waals surface area contributed by atoms with Gasteiger partial charge in [0, 0.05) is 6.54 Å². The number of aliphatic carboxylic acids is 1. The standard InChI is InChI=1S/C15H15NO4S/c1-9-2-3-10(20-9)11-4-5-12(21-11)13(17)16-8-15(6-7-15)14(18)19/h2-5H,6-8H2,1H3,(H,16,17)(H,18,19). The Labute approximate surface area is 125 Å². The molecular weight excluding hydrogens is 290 g/mol. The van der Waals surface area contributed by atoms with Crippen LogP contribution in [0.25, 0.3) is 10.6 Å². The van der Waals surface area contributed by atoms with Gasteiger partial charge in [-0.1, -0.05) is 0 Å². The molecule has 3 rings (SSSR count). The maximum absolute atomic E-state index is 12.1. The van der Waals surface area contributed by atoms with E-state index in [4.69, 9.17) is 9.52 Å². The van der Waals surface area contributed by atoms with E-state index >= 15 is 0 Å². The Morgan fingerprint density at radius 1 is 1.33 bits per heavy atom. The number of carboxylic acid groups (broad SMARTS) is 1. The van der Waals surface area contributed by atoms with Gasteiger partial charge in [0.2, 0.25) is 0 Å². The van der Waals surface area contributed by atoms with Gasteiger partial charge in [-0.15, -0.1) is 11.3 Å². The van der Waals surface area contributed by atoms with Crippen molar-refractivity contribution in [1.82, 2.24) is 5.32 Å². The topological polar surface area (TPSA) is 79.5 Å². The second kappa shape index (κ2) is 5.04. The first-order valence-electron chi connectivity index (χ1n) is 6.68. The third kappa shape index (κ3) is 2.71. The highest BCUT2D eigenvalue weighted by Crippen LogP contribution is 2.45. The Balaban J connectivity index is 1.66. The zero-order valence-electron chi connectivity index (χ0n) is 11.5. The van der Waals surface area contributed by atoms with E-state index in [2.05, 4.69) is 5.32 Å². The normalized spacial score (nSPS) is 15.7. The molecule has 21 heavy (non-hydrogen) atoms. The van der Waals surface area contributed by atoms with Crippen LogP contribution in [0.3, 0.4) is 0 Å². The Kier molecular flexibility index (Phi) is 3.33. The molecule has 1 aliphatic carbocycles. The minimum Gasteiger partial charge on any atom is -0.481 e. The lowest BCUT2D eigenvalue weighted by molar-refractivity contribution is -0.143. The number of nitrogens with one attached hydrogen (secondary N) is 1. The van der Waals surface area contributed by atoms with E-state index in [-0.39, 0.29) is 12.5 Å². The average molecular weight is 305 g/mol. The molecule has 2 heterocycles. The summed E-state index contributed by atoms with van der Waals surface area (Å²) in [5.41, 5.74) is -0.742. The minimum atomic E-state index is -0.833. The van der Waals surface area contributed by atoms with Crippen molar-refractivity contribution < 1.29 is 19.1 Å². The first-order valence-corrected chi connectivity index (χ1v) is 7.50. The molecule has 0 aliphatic heterocycles. The third-order valence-electron chi connectivity index (χ3n) is 3.71. The number of hydrogen-bond donors (Lipinski definition) is 2. The van der Waals surface area contributed by atoms with Gasteiger partial charge in [-0.05, 0) is 44.0 Å². The molecule has 0 saturated heterocycles. The van der Waals surface area contributed by atoms with Gasteiger partial charge in [-0.25, -0.2) is 0 Å². The number of hydrogen-bond acceptors (Lipinski definition) is 4. The summed E-state index contributed by atoms with van der Waals surface area (Å²) in [6.45, 7) is 2.06. The van der Waals surface area contributed by atoms with Crippen LogP contribution in [0.15, 0.2) is 28.7 Å². The van der Waals surface area contributed by atoms with Crippen LogP contribution in [0.1, 0.15) is 28.3 Å². The van der Waals surface area contributed by atoms with Crippen molar-refractivity contribution in [3.8, 4) is 10.6 Å². The smallest absolute Gasteiger partial charge is 0.311 e. The van der Waals surface area contributed by atoms with Gasteiger partial charge in [0.05, 0.1) is 15.2 Å². The van der Waals surface area contributed by atoms with Crippen molar-refractivity contribution in [3.63, 3.8) is 0 Å². The quantitative estimate of drug-likeness (QED) is 0.890. The first kappa shape index (κ1) is 13.9. The predicted molar refractivity (Wildman–Crippen MR) is 78.4 cm³/mol. The summed E-state index contributed by atoms with van der Waals surface area (Å²) >= 11 is 1.33. The van der Waals surface area contributed by atoms with Gasteiger partial charge in [-0.3, -0.25) is 9.59 Å². The van der Waals surface area contributed by atoms with E-state index in [0.29, 0.717) is 17.7 Å². The molecule has 2 aromatic rings. The van der Waals surface area contributed by atoms with Gasteiger partial charge in [-0.2, -0.15) is 0 Å². The molecule has 0 atom stereocenters. The van der Waals surface area contributed by atoms with Crippen LogP contribution in [0, 0.1) is 12.3 Å². The molecule has 5 nitrogen and oxygen atoms in total. The van der Waals surface area contributed by atoms with E-state index in [1.54, 1.807) is 6.07 Å². The molecule has 0 bridgehead atoms. The lowest BCUT2D eigenvalue weighted by Crippen LogP contribution is -2.33. The maximum atomic E-state index is 12.1. The largest absolute Gasteiger partial charge is 0.481 e. The Bertz CT molecular complexity index is 696. The Morgan fingerprint density at radius 2 is 2.10 bits per heavy atom. The lowest BCUT2D eigenvalue weighted by atomic mass is 10.1. The van der Waals surface area contributed by atoms with Crippen molar-refractivity contribution >= 4 is 23.2 Å². The molecule has 2 N–H and O–H groups in total. The summed E-state index contributed by atoms with van der Waals surface area (Å²) < 4.78 is 5.52. The fourth-order valence-electron chi connectivity index (χ4n) is 2.11. The van der Waals surface area contributed by atoms with Crippen LogP contribution in [0.2, 0.25) is 0 Å². The Hall–Kier alpha value is -2.08. The fourth-order valence-corrected chi connectivity index (χ4v) is 3.00. The van der Waals surface area contributed by atoms with Crippen molar-refractivity contribution in [3.05, 3.63) is 34.9 Å². The molecule has 2 aromatic heterocycles. The van der Waals surface area contributed by atoms with Crippen LogP contribution in [0.4, 0.5) is 0 Å². The third-order valence-corrected chi connectivity index (χ3v) is 4.81. The van der Waals surface area contributed by atoms with Crippen molar-refractivity contribution in [2.45, 2.75) is 19.8 Å². The highest BCUT2D eigenvalue weighted by atomic mass is 32.1. The summed E-state index contributed by atoms with van der Waals surface area (Å²) in [5.74, 6) is 0.491. The maximum Gasteiger partial charge on any atom is 0.311 e. The highest BCUT2D eigenvalue weighted by molar-refractivity contribution is 7.17.